The van der Waals surface area contributed by atoms with Gasteiger partial charge in [0.25, 0.3) is 0 Å². The maximum absolute atomic E-state index is 14.4. The van der Waals surface area contributed by atoms with E-state index in [-0.39, 0.29) is 48.2 Å². The lowest BCUT2D eigenvalue weighted by molar-refractivity contribution is -0.289. The van der Waals surface area contributed by atoms with E-state index in [1.807, 2.05) is 94.1 Å². The number of carbonyl (C=O) groups excluding carboxylic acids is 2. The van der Waals surface area contributed by atoms with Crippen molar-refractivity contribution in [3.63, 3.8) is 0 Å². The average Bonchev–Trinajstić information content (AvgIpc) is 4.10. The van der Waals surface area contributed by atoms with Gasteiger partial charge < -0.3 is 9.47 Å². The molecule has 0 atom stereocenters. The molecule has 7 aliphatic rings. The summed E-state index contributed by atoms with van der Waals surface area (Å²) in [6.07, 6.45) is 1.63. The molecule has 0 aromatic heterocycles. The van der Waals surface area contributed by atoms with Gasteiger partial charge in [0.1, 0.15) is 0 Å². The summed E-state index contributed by atoms with van der Waals surface area (Å²) in [4.78, 5) is 42.9. The summed E-state index contributed by atoms with van der Waals surface area (Å²) in [6, 6.07) is 9.44. The number of fused-ring (bicyclic) bond motifs is 6. The van der Waals surface area contributed by atoms with Crippen molar-refractivity contribution in [2.45, 2.75) is 230 Å². The minimum Gasteiger partial charge on any atom is -0.465 e. The number of hydrogen-bond donors (Lipinski definition) is 0. The molecule has 0 bridgehead atoms. The van der Waals surface area contributed by atoms with Crippen molar-refractivity contribution in [1.82, 2.24) is 5.06 Å². The Morgan fingerprint density at radius 3 is 0.973 bits per heavy atom. The van der Waals surface area contributed by atoms with Crippen LogP contribution in [0.3, 0.4) is 0 Å². The fourth-order valence-corrected chi connectivity index (χ4v) is 29.7. The molecule has 0 amide bonds. The second-order valence-corrected chi connectivity index (χ2v) is 45.1. The normalized spacial score (nSPS) is 23.6. The van der Waals surface area contributed by atoms with Crippen molar-refractivity contribution in [2.75, 3.05) is 14.2 Å². The van der Waals surface area contributed by atoms with Gasteiger partial charge in [0, 0.05) is 81.3 Å². The van der Waals surface area contributed by atoms with E-state index in [0.717, 1.165) is 32.4 Å². The van der Waals surface area contributed by atoms with Gasteiger partial charge in [-0.15, -0.1) is 151 Å². The Bertz CT molecular complexity index is 2870. The van der Waals surface area contributed by atoms with E-state index in [1.165, 1.54) is 91.8 Å². The molecule has 4 aromatic carbocycles. The van der Waals surface area contributed by atoms with E-state index in [4.69, 9.17) is 9.47 Å². The highest BCUT2D eigenvalue weighted by Gasteiger charge is 2.54. The molecule has 0 aliphatic carbocycles. The lowest BCUT2D eigenvalue weighted by Gasteiger charge is -2.50. The highest BCUT2D eigenvalue weighted by molar-refractivity contribution is 8.23. The van der Waals surface area contributed by atoms with Crippen LogP contribution in [-0.4, -0.2) is 66.8 Å². The first-order valence-electron chi connectivity index (χ1n) is 24.9. The second kappa shape index (κ2) is 18.5. The van der Waals surface area contributed by atoms with Crippen molar-refractivity contribution in [3.8, 4) is 11.1 Å². The molecule has 7 heterocycles. The standard InChI is InChI=1S/C56H64NO5S12/c1-49(2)23-27(24-50(3,4)57(49)60)25-19-21-26(22-20-25)28-35-37(65-51(5,6)63-35)30(38-36(28)64-52(7,8)66-38)29(31-39-43(71-53(9,10)67-39)33(47(58)61-17)44-40(31)68-54(11,12)72-44)32-41-45(73-55(13,14)69-41)34(48(59)62-18)46-42(32)70-56(15,16)74-46/h19-22,27,29H,23-24H2,1-18H3. The molecule has 1 saturated heterocycles. The number of nitrogens with zero attached hydrogens (tertiary/aromatic N) is 1. The number of esters is 2. The first-order chi connectivity index (χ1) is 34.2. The van der Waals surface area contributed by atoms with Gasteiger partial charge in [0.15, 0.2) is 0 Å². The zero-order valence-corrected chi connectivity index (χ0v) is 55.1. The third-order valence-electron chi connectivity index (χ3n) is 14.1. The van der Waals surface area contributed by atoms with Crippen LogP contribution in [0.2, 0.25) is 0 Å². The molecule has 18 heteroatoms. The average molecular weight is 1220 g/mol. The zero-order valence-electron chi connectivity index (χ0n) is 45.3. The van der Waals surface area contributed by atoms with Gasteiger partial charge in [-0.05, 0) is 157 Å². The second-order valence-electron chi connectivity index (χ2n) is 24.0. The summed E-state index contributed by atoms with van der Waals surface area (Å²) in [7, 11) is 3.04. The highest BCUT2D eigenvalue weighted by atomic mass is 32.2. The Kier molecular flexibility index (Phi) is 13.9. The molecule has 6 nitrogen and oxygen atoms in total. The van der Waals surface area contributed by atoms with E-state index in [2.05, 4.69) is 135 Å². The van der Waals surface area contributed by atoms with E-state index in [1.54, 1.807) is 47.0 Å². The molecule has 0 spiro atoms. The Hall–Kier alpha value is -0.0600. The van der Waals surface area contributed by atoms with Crippen LogP contribution < -0.4 is 0 Å². The minimum atomic E-state index is -0.461. The number of piperidine rings is 1. The summed E-state index contributed by atoms with van der Waals surface area (Å²) in [5.41, 5.74) is 8.18. The van der Waals surface area contributed by atoms with Crippen LogP contribution in [0.5, 0.6) is 0 Å². The molecule has 11 rings (SSSR count). The molecular formula is C56H64NO5S12. The molecule has 4 aromatic rings. The van der Waals surface area contributed by atoms with Crippen LogP contribution in [0.4, 0.5) is 0 Å². The first-order valence-corrected chi connectivity index (χ1v) is 34.7. The lowest BCUT2D eigenvalue weighted by Crippen LogP contribution is -2.57. The third kappa shape index (κ3) is 9.43. The number of thioether (sulfide) groups is 12. The minimum absolute atomic E-state index is 0.185. The van der Waals surface area contributed by atoms with Crippen molar-refractivity contribution < 1.29 is 24.3 Å². The first kappa shape index (κ1) is 55.8. The molecule has 74 heavy (non-hydrogen) atoms. The molecule has 1 radical (unpaired) electrons. The number of methoxy groups -OCH3 is 2. The van der Waals surface area contributed by atoms with Gasteiger partial charge in [0.2, 0.25) is 0 Å². The molecule has 0 saturated carbocycles. The van der Waals surface area contributed by atoms with Crippen molar-refractivity contribution in [2.24, 2.45) is 0 Å². The molecule has 0 unspecified atom stereocenters. The molecule has 1 fully saturated rings. The number of carbonyl (C=O) groups is 2. The van der Waals surface area contributed by atoms with E-state index >= 15 is 0 Å². The van der Waals surface area contributed by atoms with Crippen molar-refractivity contribution in [3.05, 3.63) is 57.6 Å². The summed E-state index contributed by atoms with van der Waals surface area (Å²) >= 11 is 22.8. The Balaban J connectivity index is 1.27. The van der Waals surface area contributed by atoms with Crippen LogP contribution in [-0.2, 0) is 14.7 Å². The predicted octanol–water partition coefficient (Wildman–Crippen LogP) is 19.8. The van der Waals surface area contributed by atoms with Crippen LogP contribution >= 0.6 is 141 Å². The summed E-state index contributed by atoms with van der Waals surface area (Å²) in [6.45, 7) is 36.2. The summed E-state index contributed by atoms with van der Waals surface area (Å²) in [5.74, 6) is -0.579. The van der Waals surface area contributed by atoms with Crippen LogP contribution in [0.1, 0.15) is 178 Å². The van der Waals surface area contributed by atoms with Gasteiger partial charge in [-0.1, -0.05) is 24.3 Å². The fourth-order valence-electron chi connectivity index (χ4n) is 11.8. The molecule has 0 N–H and O–H groups in total. The van der Waals surface area contributed by atoms with Gasteiger partial charge in [-0.2, -0.15) is 0 Å². The van der Waals surface area contributed by atoms with E-state index in [9.17, 15) is 14.8 Å². The monoisotopic (exact) mass is 1210 g/mol. The van der Waals surface area contributed by atoms with Crippen LogP contribution in [0.25, 0.3) is 11.1 Å². The van der Waals surface area contributed by atoms with Crippen LogP contribution in [0.15, 0.2) is 83.0 Å². The number of rotatable bonds is 7. The fraction of sp³-hybridized carbons (Fsp3) is 0.536. The Morgan fingerprint density at radius 2 is 0.689 bits per heavy atom. The molecular weight excluding hydrogens is 1150 g/mol. The quantitative estimate of drug-likeness (QED) is 0.130. The van der Waals surface area contributed by atoms with Gasteiger partial charge in [-0.25, -0.2) is 9.59 Å². The summed E-state index contributed by atoms with van der Waals surface area (Å²) < 4.78 is 10.0. The summed E-state index contributed by atoms with van der Waals surface area (Å²) in [5, 5.41) is 14.8. The lowest BCUT2D eigenvalue weighted by atomic mass is 9.72. The maximum atomic E-state index is 14.4. The van der Waals surface area contributed by atoms with Crippen molar-refractivity contribution in [1.29, 1.82) is 0 Å². The largest absolute Gasteiger partial charge is 0.465 e. The molecule has 395 valence electrons. The topological polar surface area (TPSA) is 75.7 Å². The van der Waals surface area contributed by atoms with Gasteiger partial charge >= 0.3 is 11.9 Å². The third-order valence-corrected chi connectivity index (χ3v) is 31.3. The Morgan fingerprint density at radius 1 is 0.432 bits per heavy atom. The number of ether oxygens (including phenoxy) is 2. The predicted molar refractivity (Wildman–Crippen MR) is 326 cm³/mol. The smallest absolute Gasteiger partial charge is 0.340 e. The van der Waals surface area contributed by atoms with E-state index < -0.39 is 11.1 Å². The number of hydroxylamine groups is 2. The number of benzene rings is 4. The van der Waals surface area contributed by atoms with Gasteiger partial charge in [-0.3, -0.25) is 0 Å². The maximum Gasteiger partial charge on any atom is 0.340 e. The van der Waals surface area contributed by atoms with Crippen LogP contribution in [0, 0.1) is 0 Å². The Labute approximate surface area is 490 Å². The highest BCUT2D eigenvalue weighted by Crippen LogP contribution is 2.75. The van der Waals surface area contributed by atoms with E-state index in [0.29, 0.717) is 11.1 Å². The van der Waals surface area contributed by atoms with Gasteiger partial charge in [0.05, 0.1) is 49.8 Å². The SMILES string of the molecule is COC(=O)c1c2c(c(C(c3c4c(c(C(=O)OC)c5c3SC(C)(C)S5)SC(C)(C)S4)c3c4c(c(-c5ccc(C6CC(C)(C)N([O])C(C)(C)C6)cc5)c5c3SC(C)(C)S5)SC(C)(C)S4)c3c1SC(C)(C)S3)SC(C)(C)S2. The zero-order chi connectivity index (χ0) is 53.6. The molecule has 7 aliphatic heterocycles. The van der Waals surface area contributed by atoms with Crippen molar-refractivity contribution >= 4 is 153 Å². The number of hydrogen-bond acceptors (Lipinski definition) is 17.